The summed E-state index contributed by atoms with van der Waals surface area (Å²) in [6.07, 6.45) is 0. The van der Waals surface area contributed by atoms with Crippen LogP contribution in [0.5, 0.6) is 0 Å². The third-order valence-corrected chi connectivity index (χ3v) is 2.45. The van der Waals surface area contributed by atoms with Gasteiger partial charge in [-0.05, 0) is 58.1 Å². The van der Waals surface area contributed by atoms with Crippen molar-refractivity contribution in [1.29, 1.82) is 0 Å². The van der Waals surface area contributed by atoms with Crippen LogP contribution in [0, 0.1) is 0 Å². The lowest BCUT2D eigenvalue weighted by molar-refractivity contribution is 0.0919. The first kappa shape index (κ1) is 15.4. The molecule has 0 saturated heterocycles. The van der Waals surface area contributed by atoms with Gasteiger partial charge in [-0.2, -0.15) is 0 Å². The summed E-state index contributed by atoms with van der Waals surface area (Å²) in [4.78, 5) is 12.0. The van der Waals surface area contributed by atoms with Crippen LogP contribution in [-0.4, -0.2) is 23.1 Å². The Kier molecular flexibility index (Phi) is 5.30. The molecule has 0 aliphatic carbocycles. The Bertz CT molecular complexity index is 466. The van der Waals surface area contributed by atoms with Crippen LogP contribution in [0.1, 0.15) is 38.1 Å². The fourth-order valence-electron chi connectivity index (χ4n) is 1.49. The summed E-state index contributed by atoms with van der Waals surface area (Å²) in [6.45, 7) is 8.59. The highest BCUT2D eigenvalue weighted by Crippen LogP contribution is 2.12. The van der Waals surface area contributed by atoms with Gasteiger partial charge in [-0.3, -0.25) is 4.79 Å². The van der Waals surface area contributed by atoms with Gasteiger partial charge in [0.25, 0.3) is 5.91 Å². The first-order valence-corrected chi connectivity index (χ1v) is 6.70. The Hall–Kier alpha value is -1.62. The molecule has 0 unspecified atom stereocenters. The molecule has 0 aromatic heterocycles. The van der Waals surface area contributed by atoms with Gasteiger partial charge >= 0.3 is 0 Å². The van der Waals surface area contributed by atoms with E-state index in [9.17, 15) is 4.79 Å². The van der Waals surface area contributed by atoms with Crippen LogP contribution in [0.4, 0.5) is 5.69 Å². The van der Waals surface area contributed by atoms with Crippen LogP contribution in [0.3, 0.4) is 0 Å². The lowest BCUT2D eigenvalue weighted by Crippen LogP contribution is -2.40. The Balaban J connectivity index is 2.77. The Labute approximate surface area is 120 Å². The van der Waals surface area contributed by atoms with Crippen LogP contribution in [0.15, 0.2) is 24.3 Å². The SMILES string of the molecule is CCNC(=S)Nc1cccc(C(=O)NC(C)(C)C)c1. The van der Waals surface area contributed by atoms with Gasteiger partial charge in [0.1, 0.15) is 0 Å². The van der Waals surface area contributed by atoms with Crippen molar-refractivity contribution in [1.82, 2.24) is 10.6 Å². The van der Waals surface area contributed by atoms with Gasteiger partial charge in [0, 0.05) is 23.3 Å². The van der Waals surface area contributed by atoms with Crippen molar-refractivity contribution < 1.29 is 4.79 Å². The van der Waals surface area contributed by atoms with Gasteiger partial charge in [0.2, 0.25) is 0 Å². The quantitative estimate of drug-likeness (QED) is 0.744. The highest BCUT2D eigenvalue weighted by Gasteiger charge is 2.15. The van der Waals surface area contributed by atoms with Gasteiger partial charge < -0.3 is 16.0 Å². The summed E-state index contributed by atoms with van der Waals surface area (Å²) in [5, 5.41) is 9.52. The van der Waals surface area contributed by atoms with Crippen LogP contribution >= 0.6 is 12.2 Å². The fraction of sp³-hybridized carbons (Fsp3) is 0.429. The molecule has 0 heterocycles. The Morgan fingerprint density at radius 2 is 2.00 bits per heavy atom. The molecular formula is C14H21N3OS. The van der Waals surface area contributed by atoms with Crippen LogP contribution in [-0.2, 0) is 0 Å². The van der Waals surface area contributed by atoms with E-state index in [1.165, 1.54) is 0 Å². The third-order valence-electron chi connectivity index (χ3n) is 2.21. The molecule has 3 N–H and O–H groups in total. The van der Waals surface area contributed by atoms with E-state index in [2.05, 4.69) is 16.0 Å². The monoisotopic (exact) mass is 279 g/mol. The van der Waals surface area contributed by atoms with Crippen molar-refractivity contribution in [3.63, 3.8) is 0 Å². The molecule has 1 aromatic rings. The summed E-state index contributed by atoms with van der Waals surface area (Å²) in [5.74, 6) is -0.0921. The number of hydrogen-bond donors (Lipinski definition) is 3. The highest BCUT2D eigenvalue weighted by molar-refractivity contribution is 7.80. The number of carbonyl (C=O) groups is 1. The molecule has 0 aliphatic rings. The first-order valence-electron chi connectivity index (χ1n) is 6.29. The van der Waals surface area contributed by atoms with Gasteiger partial charge in [-0.15, -0.1) is 0 Å². The molecule has 0 saturated carbocycles. The topological polar surface area (TPSA) is 53.2 Å². The fourth-order valence-corrected chi connectivity index (χ4v) is 1.75. The maximum Gasteiger partial charge on any atom is 0.251 e. The highest BCUT2D eigenvalue weighted by atomic mass is 32.1. The minimum Gasteiger partial charge on any atom is -0.363 e. The molecular weight excluding hydrogens is 258 g/mol. The van der Waals surface area contributed by atoms with Crippen molar-refractivity contribution >= 4 is 28.9 Å². The van der Waals surface area contributed by atoms with Crippen molar-refractivity contribution in [2.45, 2.75) is 33.2 Å². The second-order valence-electron chi connectivity index (χ2n) is 5.27. The number of nitrogens with one attached hydrogen (secondary N) is 3. The number of anilines is 1. The normalized spacial score (nSPS) is 10.7. The summed E-state index contributed by atoms with van der Waals surface area (Å²) >= 11 is 5.11. The minimum atomic E-state index is -0.250. The van der Waals surface area contributed by atoms with Gasteiger partial charge in [-0.1, -0.05) is 6.07 Å². The summed E-state index contributed by atoms with van der Waals surface area (Å²) < 4.78 is 0. The average molecular weight is 279 g/mol. The lowest BCUT2D eigenvalue weighted by Gasteiger charge is -2.20. The first-order chi connectivity index (χ1) is 8.81. The summed E-state index contributed by atoms with van der Waals surface area (Å²) in [5.41, 5.74) is 1.16. The Morgan fingerprint density at radius 3 is 2.58 bits per heavy atom. The lowest BCUT2D eigenvalue weighted by atomic mass is 10.1. The zero-order chi connectivity index (χ0) is 14.5. The van der Waals surface area contributed by atoms with E-state index in [0.717, 1.165) is 12.2 Å². The van der Waals surface area contributed by atoms with Crippen LogP contribution in [0.25, 0.3) is 0 Å². The van der Waals surface area contributed by atoms with E-state index >= 15 is 0 Å². The zero-order valence-corrected chi connectivity index (χ0v) is 12.6. The number of carbonyl (C=O) groups excluding carboxylic acids is 1. The number of thiocarbonyl (C=S) groups is 1. The van der Waals surface area contributed by atoms with E-state index in [-0.39, 0.29) is 11.4 Å². The molecule has 1 rings (SSSR count). The second kappa shape index (κ2) is 6.52. The number of amides is 1. The Morgan fingerprint density at radius 1 is 1.32 bits per heavy atom. The molecule has 0 radical (unpaired) electrons. The zero-order valence-electron chi connectivity index (χ0n) is 11.8. The molecule has 0 spiro atoms. The molecule has 1 aromatic carbocycles. The van der Waals surface area contributed by atoms with Crippen LogP contribution in [0.2, 0.25) is 0 Å². The van der Waals surface area contributed by atoms with E-state index in [4.69, 9.17) is 12.2 Å². The van der Waals surface area contributed by atoms with Gasteiger partial charge in [0.15, 0.2) is 5.11 Å². The number of hydrogen-bond acceptors (Lipinski definition) is 2. The predicted molar refractivity (Wildman–Crippen MR) is 83.6 cm³/mol. The standard InChI is InChI=1S/C14H21N3OS/c1-5-15-13(19)16-11-8-6-7-10(9-11)12(18)17-14(2,3)4/h6-9H,5H2,1-4H3,(H,17,18)(H2,15,16,19). The second-order valence-corrected chi connectivity index (χ2v) is 5.68. The molecule has 5 heteroatoms. The smallest absolute Gasteiger partial charge is 0.251 e. The number of rotatable bonds is 3. The van der Waals surface area contributed by atoms with Crippen LogP contribution < -0.4 is 16.0 Å². The molecule has 104 valence electrons. The van der Waals surface area contributed by atoms with Crippen molar-refractivity contribution in [3.05, 3.63) is 29.8 Å². The molecule has 0 atom stereocenters. The molecule has 19 heavy (non-hydrogen) atoms. The van der Waals surface area contributed by atoms with Crippen molar-refractivity contribution in [2.75, 3.05) is 11.9 Å². The van der Waals surface area contributed by atoms with Crippen molar-refractivity contribution in [2.24, 2.45) is 0 Å². The largest absolute Gasteiger partial charge is 0.363 e. The summed E-state index contributed by atoms with van der Waals surface area (Å²) in [6, 6.07) is 7.26. The molecule has 0 bridgehead atoms. The molecule has 0 aliphatic heterocycles. The summed E-state index contributed by atoms with van der Waals surface area (Å²) in [7, 11) is 0. The van der Waals surface area contributed by atoms with E-state index in [1.54, 1.807) is 12.1 Å². The molecule has 4 nitrogen and oxygen atoms in total. The minimum absolute atomic E-state index is 0.0921. The van der Waals surface area contributed by atoms with Gasteiger partial charge in [0.05, 0.1) is 0 Å². The maximum absolute atomic E-state index is 12.0. The van der Waals surface area contributed by atoms with E-state index in [1.807, 2.05) is 39.8 Å². The third kappa shape index (κ3) is 5.70. The maximum atomic E-state index is 12.0. The number of benzene rings is 1. The van der Waals surface area contributed by atoms with Gasteiger partial charge in [-0.25, -0.2) is 0 Å². The van der Waals surface area contributed by atoms with Crippen molar-refractivity contribution in [3.8, 4) is 0 Å². The van der Waals surface area contributed by atoms with E-state index < -0.39 is 0 Å². The predicted octanol–water partition coefficient (Wildman–Crippen LogP) is 2.52. The molecule has 0 fully saturated rings. The van der Waals surface area contributed by atoms with E-state index in [0.29, 0.717) is 10.7 Å². The average Bonchev–Trinajstić information content (AvgIpc) is 2.27. The molecule has 1 amide bonds.